The number of nitro groups is 1. The van der Waals surface area contributed by atoms with Crippen LogP contribution in [-0.4, -0.2) is 26.7 Å². The first-order valence-electron chi connectivity index (χ1n) is 12.8. The summed E-state index contributed by atoms with van der Waals surface area (Å²) in [5.41, 5.74) is 6.33. The number of pyridine rings is 1. The summed E-state index contributed by atoms with van der Waals surface area (Å²) < 4.78 is 7.19. The second kappa shape index (κ2) is 10.5. The number of anilines is 1. The third-order valence-corrected chi connectivity index (χ3v) is 7.66. The number of aromatic nitrogens is 2. The lowest BCUT2D eigenvalue weighted by atomic mass is 9.96. The normalized spacial score (nSPS) is 17.0. The van der Waals surface area contributed by atoms with E-state index in [0.717, 1.165) is 28.3 Å². The van der Waals surface area contributed by atoms with Crippen molar-refractivity contribution in [2.75, 3.05) is 12.0 Å². The fraction of sp³-hybridized carbons (Fsp3) is 0.267. The molecule has 0 amide bonds. The van der Waals surface area contributed by atoms with Gasteiger partial charge in [-0.1, -0.05) is 32.0 Å². The lowest BCUT2D eigenvalue weighted by Gasteiger charge is -2.28. The van der Waals surface area contributed by atoms with Gasteiger partial charge in [-0.15, -0.1) is 0 Å². The molecule has 0 saturated carbocycles. The van der Waals surface area contributed by atoms with Crippen LogP contribution in [0, 0.1) is 24.0 Å². The number of methoxy groups -OCH3 is 1. The van der Waals surface area contributed by atoms with Gasteiger partial charge >= 0.3 is 0 Å². The predicted octanol–water partition coefficient (Wildman–Crippen LogP) is 6.71. The van der Waals surface area contributed by atoms with Crippen molar-refractivity contribution in [1.29, 1.82) is 0 Å². The first kappa shape index (κ1) is 26.4. The zero-order valence-electron chi connectivity index (χ0n) is 22.6. The molecule has 1 fully saturated rings. The highest BCUT2D eigenvalue weighted by Crippen LogP contribution is 2.44. The Kier molecular flexibility index (Phi) is 7.10. The Morgan fingerprint density at radius 3 is 2.44 bits per heavy atom. The van der Waals surface area contributed by atoms with Gasteiger partial charge in [0.05, 0.1) is 35.9 Å². The second-order valence-electron chi connectivity index (χ2n) is 10.0. The van der Waals surface area contributed by atoms with E-state index in [1.807, 2.05) is 36.6 Å². The van der Waals surface area contributed by atoms with Crippen molar-refractivity contribution in [3.63, 3.8) is 0 Å². The van der Waals surface area contributed by atoms with Gasteiger partial charge in [0.15, 0.2) is 5.11 Å². The van der Waals surface area contributed by atoms with Crippen LogP contribution in [-0.2, 0) is 0 Å². The van der Waals surface area contributed by atoms with E-state index in [0.29, 0.717) is 22.5 Å². The van der Waals surface area contributed by atoms with Crippen molar-refractivity contribution in [2.24, 2.45) is 0 Å². The van der Waals surface area contributed by atoms with E-state index in [-0.39, 0.29) is 22.7 Å². The van der Waals surface area contributed by atoms with Crippen LogP contribution in [0.2, 0.25) is 0 Å². The van der Waals surface area contributed by atoms with Gasteiger partial charge in [-0.3, -0.25) is 15.1 Å². The van der Waals surface area contributed by atoms with Gasteiger partial charge in [0.25, 0.3) is 5.69 Å². The lowest BCUT2D eigenvalue weighted by molar-refractivity contribution is -0.384. The van der Waals surface area contributed by atoms with E-state index in [2.05, 4.69) is 59.4 Å². The van der Waals surface area contributed by atoms with E-state index in [9.17, 15) is 10.1 Å². The molecule has 0 unspecified atom stereocenters. The molecule has 2 atom stereocenters. The number of hydrogen-bond acceptors (Lipinski definition) is 5. The first-order chi connectivity index (χ1) is 18.7. The van der Waals surface area contributed by atoms with E-state index in [1.165, 1.54) is 18.7 Å². The molecule has 0 aliphatic carbocycles. The van der Waals surface area contributed by atoms with Crippen molar-refractivity contribution in [2.45, 2.75) is 45.7 Å². The van der Waals surface area contributed by atoms with Gasteiger partial charge in [0, 0.05) is 23.3 Å². The molecular weight excluding hydrogens is 510 g/mol. The molecule has 1 aliphatic heterocycles. The number of rotatable bonds is 7. The van der Waals surface area contributed by atoms with E-state index < -0.39 is 0 Å². The maximum absolute atomic E-state index is 12.0. The molecule has 200 valence electrons. The molecule has 3 heterocycles. The van der Waals surface area contributed by atoms with Gasteiger partial charge in [-0.25, -0.2) is 0 Å². The number of nitro benzene ring substituents is 1. The van der Waals surface area contributed by atoms with Gasteiger partial charge in [0.2, 0.25) is 0 Å². The molecule has 0 radical (unpaired) electrons. The van der Waals surface area contributed by atoms with Gasteiger partial charge in [-0.05, 0) is 85.6 Å². The van der Waals surface area contributed by atoms with E-state index >= 15 is 0 Å². The minimum atomic E-state index is -0.373. The molecule has 1 aliphatic rings. The molecule has 1 N–H and O–H groups in total. The zero-order chi connectivity index (χ0) is 27.8. The Morgan fingerprint density at radius 1 is 1.08 bits per heavy atom. The smallest absolute Gasteiger partial charge is 0.296 e. The molecule has 0 bridgehead atoms. The molecule has 4 aromatic rings. The average Bonchev–Trinajstić information content (AvgIpc) is 3.43. The molecule has 9 heteroatoms. The molecule has 8 nitrogen and oxygen atoms in total. The Labute approximate surface area is 233 Å². The van der Waals surface area contributed by atoms with Crippen molar-refractivity contribution in [1.82, 2.24) is 14.9 Å². The third kappa shape index (κ3) is 4.74. The van der Waals surface area contributed by atoms with Crippen LogP contribution in [0.1, 0.15) is 60.1 Å². The highest BCUT2D eigenvalue weighted by Gasteiger charge is 2.42. The number of hydrogen-bond donors (Lipinski definition) is 1. The quantitative estimate of drug-likeness (QED) is 0.158. The van der Waals surface area contributed by atoms with E-state index in [1.54, 1.807) is 18.3 Å². The Hall–Kier alpha value is -4.24. The Morgan fingerprint density at radius 2 is 1.82 bits per heavy atom. The number of nitrogens with zero attached hydrogens (tertiary/aromatic N) is 4. The van der Waals surface area contributed by atoms with Gasteiger partial charge in [-0.2, -0.15) is 0 Å². The number of aryl methyl sites for hydroxylation is 1. The number of benzene rings is 2. The van der Waals surface area contributed by atoms with Crippen molar-refractivity contribution in [3.05, 3.63) is 111 Å². The van der Waals surface area contributed by atoms with Crippen molar-refractivity contribution in [3.8, 4) is 11.4 Å². The van der Waals surface area contributed by atoms with Crippen LogP contribution in [0.4, 0.5) is 11.4 Å². The van der Waals surface area contributed by atoms with E-state index in [4.69, 9.17) is 17.0 Å². The second-order valence-corrected chi connectivity index (χ2v) is 10.4. The molecule has 0 spiro atoms. The summed E-state index contributed by atoms with van der Waals surface area (Å²) in [6.07, 6.45) is 1.78. The highest BCUT2D eigenvalue weighted by molar-refractivity contribution is 7.80. The highest BCUT2D eigenvalue weighted by atomic mass is 32.1. The van der Waals surface area contributed by atoms with Crippen molar-refractivity contribution >= 4 is 28.7 Å². The maximum Gasteiger partial charge on any atom is 0.296 e. The lowest BCUT2D eigenvalue weighted by Crippen LogP contribution is -2.29. The Bertz CT molecular complexity index is 1530. The van der Waals surface area contributed by atoms with Crippen LogP contribution in [0.5, 0.6) is 5.75 Å². The van der Waals surface area contributed by atoms with Crippen molar-refractivity contribution < 1.29 is 9.66 Å². The fourth-order valence-electron chi connectivity index (χ4n) is 5.39. The van der Waals surface area contributed by atoms with Crippen LogP contribution in [0.3, 0.4) is 0 Å². The Balaban J connectivity index is 1.68. The third-order valence-electron chi connectivity index (χ3n) is 7.35. The largest absolute Gasteiger partial charge is 0.496 e. The summed E-state index contributed by atoms with van der Waals surface area (Å²) in [6, 6.07) is 20.9. The SMILES string of the molecule is COc1ccc(-n2c(C)cc([C@@H]3[C@H](c4ccccn4)NC(=S)N3c3ccc(C(C)C)cc3)c2C)c([N+](=O)[O-])c1. The molecular formula is C30H31N5O3S. The topological polar surface area (TPSA) is 85.5 Å². The van der Waals surface area contributed by atoms with Crippen LogP contribution in [0.15, 0.2) is 72.9 Å². The standard InChI is InChI=1S/C30H31N5O3S/c1-18(2)21-9-11-22(12-10-21)34-29(28(32-30(34)39)25-8-6-7-15-31-25)24-16-19(3)33(20(24)4)26-14-13-23(38-5)17-27(26)35(36)37/h6-18,28-29H,1-5H3,(H,32,39)/t28-,29+/m0/s1. The number of ether oxygens (including phenoxy) is 1. The summed E-state index contributed by atoms with van der Waals surface area (Å²) in [5, 5.41) is 16.1. The summed E-state index contributed by atoms with van der Waals surface area (Å²) >= 11 is 5.90. The maximum atomic E-state index is 12.0. The monoisotopic (exact) mass is 541 g/mol. The van der Waals surface area contributed by atoms with Crippen LogP contribution >= 0.6 is 12.2 Å². The fourth-order valence-corrected chi connectivity index (χ4v) is 5.74. The summed E-state index contributed by atoms with van der Waals surface area (Å²) in [4.78, 5) is 18.4. The summed E-state index contributed by atoms with van der Waals surface area (Å²) in [5.74, 6) is 0.851. The molecule has 5 rings (SSSR count). The van der Waals surface area contributed by atoms with Crippen LogP contribution < -0.4 is 15.0 Å². The molecule has 2 aromatic carbocycles. The van der Waals surface area contributed by atoms with Gasteiger partial charge < -0.3 is 19.5 Å². The first-order valence-corrected chi connectivity index (χ1v) is 13.2. The predicted molar refractivity (Wildman–Crippen MR) is 157 cm³/mol. The molecule has 2 aromatic heterocycles. The molecule has 39 heavy (non-hydrogen) atoms. The zero-order valence-corrected chi connectivity index (χ0v) is 23.4. The summed E-state index contributed by atoms with van der Waals surface area (Å²) in [6.45, 7) is 8.30. The van der Waals surface area contributed by atoms with Gasteiger partial charge in [0.1, 0.15) is 11.4 Å². The minimum absolute atomic E-state index is 0.0230. The summed E-state index contributed by atoms with van der Waals surface area (Å²) in [7, 11) is 1.50. The molecule has 1 saturated heterocycles. The minimum Gasteiger partial charge on any atom is -0.496 e. The number of thiocarbonyl (C=S) groups is 1. The average molecular weight is 542 g/mol. The number of nitrogens with one attached hydrogen (secondary N) is 1. The van der Waals surface area contributed by atoms with Crippen LogP contribution in [0.25, 0.3) is 5.69 Å².